The fraction of sp³-hybridized carbons (Fsp3) is 0.818. The minimum Gasteiger partial charge on any atom is -0.464 e. The van der Waals surface area contributed by atoms with Crippen molar-refractivity contribution in [2.75, 3.05) is 47.4 Å². The molecule has 0 aromatic carbocycles. The standard InChI is InChI=1S/C11H22N3O2/c1-5-16-10(15)9-14-8-6-7-13(4)11(14)12(2)3/h5-9H2,1-4H3/q+1. The van der Waals surface area contributed by atoms with Crippen LogP contribution >= 0.6 is 0 Å². The van der Waals surface area contributed by atoms with E-state index in [-0.39, 0.29) is 5.97 Å². The second-order valence-corrected chi connectivity index (χ2v) is 4.20. The molecule has 1 saturated heterocycles. The highest BCUT2D eigenvalue weighted by Crippen LogP contribution is 2.06. The van der Waals surface area contributed by atoms with Gasteiger partial charge in [-0.1, -0.05) is 0 Å². The van der Waals surface area contributed by atoms with Crippen LogP contribution in [0.5, 0.6) is 0 Å². The summed E-state index contributed by atoms with van der Waals surface area (Å²) in [5, 5.41) is 0. The number of hydrogen-bond acceptors (Lipinski definition) is 2. The summed E-state index contributed by atoms with van der Waals surface area (Å²) in [5.74, 6) is 0.927. The van der Waals surface area contributed by atoms with Gasteiger partial charge in [-0.05, 0) is 6.92 Å². The second-order valence-electron chi connectivity index (χ2n) is 4.20. The van der Waals surface area contributed by atoms with Gasteiger partial charge in [-0.2, -0.15) is 0 Å². The van der Waals surface area contributed by atoms with E-state index in [9.17, 15) is 4.79 Å². The fourth-order valence-electron chi connectivity index (χ4n) is 2.08. The lowest BCUT2D eigenvalue weighted by atomic mass is 10.3. The third-order valence-electron chi connectivity index (χ3n) is 2.57. The van der Waals surface area contributed by atoms with Gasteiger partial charge >= 0.3 is 11.9 Å². The van der Waals surface area contributed by atoms with Crippen LogP contribution < -0.4 is 0 Å². The minimum atomic E-state index is -0.155. The van der Waals surface area contributed by atoms with Gasteiger partial charge in [-0.25, -0.2) is 4.79 Å². The summed E-state index contributed by atoms with van der Waals surface area (Å²) in [6.07, 6.45) is 1.08. The van der Waals surface area contributed by atoms with Crippen LogP contribution in [0.1, 0.15) is 13.3 Å². The third-order valence-corrected chi connectivity index (χ3v) is 2.57. The van der Waals surface area contributed by atoms with Gasteiger partial charge in [-0.3, -0.25) is 14.4 Å². The van der Waals surface area contributed by atoms with E-state index in [4.69, 9.17) is 4.74 Å². The van der Waals surface area contributed by atoms with E-state index >= 15 is 0 Å². The molecular formula is C11H22N3O2+. The average molecular weight is 228 g/mol. The van der Waals surface area contributed by atoms with Crippen LogP contribution in [0.2, 0.25) is 0 Å². The van der Waals surface area contributed by atoms with Crippen molar-refractivity contribution in [2.45, 2.75) is 13.3 Å². The number of carbonyl (C=O) groups excluding carboxylic acids is 1. The molecule has 0 aromatic heterocycles. The van der Waals surface area contributed by atoms with Crippen LogP contribution in [0.3, 0.4) is 0 Å². The van der Waals surface area contributed by atoms with E-state index in [1.54, 1.807) is 0 Å². The number of esters is 1. The van der Waals surface area contributed by atoms with E-state index < -0.39 is 0 Å². The van der Waals surface area contributed by atoms with E-state index in [1.807, 2.05) is 32.6 Å². The zero-order valence-corrected chi connectivity index (χ0v) is 10.7. The van der Waals surface area contributed by atoms with Crippen LogP contribution in [0.25, 0.3) is 0 Å². The van der Waals surface area contributed by atoms with Crippen molar-refractivity contribution >= 4 is 11.9 Å². The molecule has 0 bridgehead atoms. The summed E-state index contributed by atoms with van der Waals surface area (Å²) < 4.78 is 7.02. The SMILES string of the molecule is CCOC(=O)CN1CCCN(C)C1=[N+](C)C. The molecule has 1 aliphatic heterocycles. The van der Waals surface area contributed by atoms with E-state index in [0.717, 1.165) is 25.5 Å². The lowest BCUT2D eigenvalue weighted by Crippen LogP contribution is -2.53. The monoisotopic (exact) mass is 228 g/mol. The molecule has 0 unspecified atom stereocenters. The first-order chi connectivity index (χ1) is 7.56. The largest absolute Gasteiger partial charge is 0.464 e. The minimum absolute atomic E-state index is 0.155. The number of hydrogen-bond donors (Lipinski definition) is 0. The first-order valence-corrected chi connectivity index (χ1v) is 5.72. The number of guanidine groups is 1. The second kappa shape index (κ2) is 5.72. The summed E-state index contributed by atoms with van der Waals surface area (Å²) in [6.45, 7) is 4.56. The van der Waals surface area contributed by atoms with Crippen LogP contribution in [-0.2, 0) is 9.53 Å². The maximum atomic E-state index is 11.5. The molecule has 1 fully saturated rings. The zero-order chi connectivity index (χ0) is 12.1. The normalized spacial score (nSPS) is 16.4. The smallest absolute Gasteiger partial charge is 0.350 e. The third kappa shape index (κ3) is 3.12. The van der Waals surface area contributed by atoms with Gasteiger partial charge < -0.3 is 4.74 Å². The Balaban J connectivity index is 2.69. The Morgan fingerprint density at radius 2 is 2.12 bits per heavy atom. The molecule has 1 aliphatic rings. The lowest BCUT2D eigenvalue weighted by Gasteiger charge is -2.30. The molecule has 0 aliphatic carbocycles. The van der Waals surface area contributed by atoms with Crippen LogP contribution in [0, 0.1) is 0 Å². The van der Waals surface area contributed by atoms with Crippen LogP contribution in [-0.4, -0.2) is 73.7 Å². The highest BCUT2D eigenvalue weighted by Gasteiger charge is 2.30. The number of nitrogens with zero attached hydrogens (tertiary/aromatic N) is 3. The number of ether oxygens (including phenoxy) is 1. The van der Waals surface area contributed by atoms with Crippen molar-refractivity contribution in [1.29, 1.82) is 0 Å². The van der Waals surface area contributed by atoms with Gasteiger partial charge in [0.05, 0.1) is 40.8 Å². The Kier molecular flexibility index (Phi) is 4.58. The molecule has 0 radical (unpaired) electrons. The first-order valence-electron chi connectivity index (χ1n) is 5.72. The summed E-state index contributed by atoms with van der Waals surface area (Å²) >= 11 is 0. The van der Waals surface area contributed by atoms with Gasteiger partial charge in [-0.15, -0.1) is 0 Å². The Bertz CT molecular complexity index is 285. The van der Waals surface area contributed by atoms with Crippen molar-refractivity contribution in [3.05, 3.63) is 0 Å². The number of rotatable bonds is 3. The fourth-order valence-corrected chi connectivity index (χ4v) is 2.08. The lowest BCUT2D eigenvalue weighted by molar-refractivity contribution is -0.476. The molecule has 0 saturated carbocycles. The molecule has 5 heteroatoms. The molecule has 0 amide bonds. The average Bonchev–Trinajstić information content (AvgIpc) is 2.17. The van der Waals surface area contributed by atoms with Gasteiger partial charge in [0, 0.05) is 6.42 Å². The molecule has 0 spiro atoms. The zero-order valence-electron chi connectivity index (χ0n) is 10.7. The molecule has 0 N–H and O–H groups in total. The molecule has 1 rings (SSSR count). The topological polar surface area (TPSA) is 35.8 Å². The maximum absolute atomic E-state index is 11.5. The predicted octanol–water partition coefficient (Wildman–Crippen LogP) is -0.185. The molecule has 5 nitrogen and oxygen atoms in total. The van der Waals surface area contributed by atoms with Gasteiger partial charge in [0.25, 0.3) is 0 Å². The van der Waals surface area contributed by atoms with Crippen molar-refractivity contribution in [3.8, 4) is 0 Å². The number of carbonyl (C=O) groups is 1. The van der Waals surface area contributed by atoms with Crippen molar-refractivity contribution in [2.24, 2.45) is 0 Å². The molecule has 0 aromatic rings. The Labute approximate surface area is 97.3 Å². The van der Waals surface area contributed by atoms with Crippen LogP contribution in [0.15, 0.2) is 0 Å². The highest BCUT2D eigenvalue weighted by molar-refractivity contribution is 5.81. The molecule has 0 atom stereocenters. The Morgan fingerprint density at radius 1 is 1.44 bits per heavy atom. The van der Waals surface area contributed by atoms with E-state index in [2.05, 4.69) is 9.80 Å². The van der Waals surface area contributed by atoms with Crippen molar-refractivity contribution < 1.29 is 14.1 Å². The summed E-state index contributed by atoms with van der Waals surface area (Å²) in [7, 11) is 6.04. The molecule has 1 heterocycles. The summed E-state index contributed by atoms with van der Waals surface area (Å²) in [4.78, 5) is 15.7. The predicted molar refractivity (Wildman–Crippen MR) is 62.6 cm³/mol. The van der Waals surface area contributed by atoms with Crippen molar-refractivity contribution in [3.63, 3.8) is 0 Å². The van der Waals surface area contributed by atoms with Crippen molar-refractivity contribution in [1.82, 2.24) is 9.80 Å². The van der Waals surface area contributed by atoms with E-state index in [0.29, 0.717) is 13.2 Å². The quantitative estimate of drug-likeness (QED) is 0.496. The van der Waals surface area contributed by atoms with Gasteiger partial charge in [0.1, 0.15) is 0 Å². The summed E-state index contributed by atoms with van der Waals surface area (Å²) in [5.41, 5.74) is 0. The molecule has 92 valence electrons. The van der Waals surface area contributed by atoms with E-state index in [1.165, 1.54) is 0 Å². The van der Waals surface area contributed by atoms with Crippen LogP contribution in [0.4, 0.5) is 0 Å². The Hall–Kier alpha value is -1.26. The molecular weight excluding hydrogens is 206 g/mol. The Morgan fingerprint density at radius 3 is 2.69 bits per heavy atom. The molecule has 16 heavy (non-hydrogen) atoms. The van der Waals surface area contributed by atoms with Gasteiger partial charge in [0.2, 0.25) is 0 Å². The maximum Gasteiger partial charge on any atom is 0.350 e. The first kappa shape index (κ1) is 12.8. The highest BCUT2D eigenvalue weighted by atomic mass is 16.5. The summed E-state index contributed by atoms with van der Waals surface area (Å²) in [6, 6.07) is 0. The van der Waals surface area contributed by atoms with Gasteiger partial charge in [0.15, 0.2) is 6.54 Å².